The van der Waals surface area contributed by atoms with E-state index in [9.17, 15) is 9.90 Å². The summed E-state index contributed by atoms with van der Waals surface area (Å²) >= 11 is 0. The summed E-state index contributed by atoms with van der Waals surface area (Å²) in [5.74, 6) is -0.564. The molecule has 1 N–H and O–H groups in total. The van der Waals surface area contributed by atoms with Crippen LogP contribution in [-0.2, 0) is 4.79 Å². The zero-order chi connectivity index (χ0) is 14.5. The van der Waals surface area contributed by atoms with E-state index >= 15 is 0 Å². The van der Waals surface area contributed by atoms with Crippen molar-refractivity contribution in [1.29, 1.82) is 0 Å². The molecule has 104 valence electrons. The van der Waals surface area contributed by atoms with Gasteiger partial charge in [-0.25, -0.2) is 0 Å². The molecule has 0 fully saturated rings. The molecule has 2 aromatic carbocycles. The zero-order valence-electron chi connectivity index (χ0n) is 11.9. The second-order valence-electron chi connectivity index (χ2n) is 5.19. The average molecular weight is 268 g/mol. The van der Waals surface area contributed by atoms with Crippen molar-refractivity contribution in [3.05, 3.63) is 71.8 Å². The first kappa shape index (κ1) is 14.5. The Balaban J connectivity index is 2.43. The van der Waals surface area contributed by atoms with Gasteiger partial charge < -0.3 is 5.11 Å². The third-order valence-corrected chi connectivity index (χ3v) is 3.81. The largest absolute Gasteiger partial charge is 0.391 e. The number of ketones is 1. The van der Waals surface area contributed by atoms with Crippen LogP contribution in [0.5, 0.6) is 0 Å². The van der Waals surface area contributed by atoms with Gasteiger partial charge in [0, 0.05) is 11.8 Å². The number of aliphatic hydroxyl groups excluding tert-OH is 1. The van der Waals surface area contributed by atoms with Crippen LogP contribution in [0.2, 0.25) is 0 Å². The van der Waals surface area contributed by atoms with Crippen molar-refractivity contribution < 1.29 is 9.90 Å². The van der Waals surface area contributed by atoms with Gasteiger partial charge in [0.1, 0.15) is 5.78 Å². The minimum absolute atomic E-state index is 0.00867. The maximum absolute atomic E-state index is 11.6. The number of Topliss-reactive ketones (excluding diaryl/α,β-unsaturated/α-hetero) is 1. The standard InChI is InChI=1S/C18H20O2/c1-13(14(2)19)18(20)17(15-9-5-3-6-10-15)16-11-7-4-8-12-16/h3-13,17-18,20H,1-2H3/t13-,18-/m1/s1. The van der Waals surface area contributed by atoms with E-state index < -0.39 is 6.10 Å². The van der Waals surface area contributed by atoms with Gasteiger partial charge in [0.2, 0.25) is 0 Å². The maximum atomic E-state index is 11.6. The number of hydrogen-bond acceptors (Lipinski definition) is 2. The summed E-state index contributed by atoms with van der Waals surface area (Å²) in [5.41, 5.74) is 2.05. The first-order valence-corrected chi connectivity index (χ1v) is 6.89. The van der Waals surface area contributed by atoms with Gasteiger partial charge in [-0.2, -0.15) is 0 Å². The van der Waals surface area contributed by atoms with E-state index in [0.717, 1.165) is 11.1 Å². The van der Waals surface area contributed by atoms with Crippen LogP contribution < -0.4 is 0 Å². The fraction of sp³-hybridized carbons (Fsp3) is 0.278. The summed E-state index contributed by atoms with van der Waals surface area (Å²) in [6.07, 6.45) is -0.725. The Morgan fingerprint density at radius 2 is 1.30 bits per heavy atom. The van der Waals surface area contributed by atoms with Gasteiger partial charge in [-0.15, -0.1) is 0 Å². The van der Waals surface area contributed by atoms with Crippen LogP contribution in [0.3, 0.4) is 0 Å². The highest BCUT2D eigenvalue weighted by atomic mass is 16.3. The predicted molar refractivity (Wildman–Crippen MR) is 80.6 cm³/mol. The quantitative estimate of drug-likeness (QED) is 0.902. The Bertz CT molecular complexity index is 509. The van der Waals surface area contributed by atoms with Gasteiger partial charge in [-0.3, -0.25) is 4.79 Å². The van der Waals surface area contributed by atoms with Crippen molar-refractivity contribution in [3.63, 3.8) is 0 Å². The Labute approximate surface area is 120 Å². The Hall–Kier alpha value is -1.93. The predicted octanol–water partition coefficient (Wildman–Crippen LogP) is 3.40. The SMILES string of the molecule is CC(=O)[C@@H](C)[C@@H](O)C(c1ccccc1)c1ccccc1. The van der Waals surface area contributed by atoms with Crippen LogP contribution in [0.4, 0.5) is 0 Å². The Kier molecular flexibility index (Phi) is 4.70. The molecular formula is C18H20O2. The summed E-state index contributed by atoms with van der Waals surface area (Å²) in [4.78, 5) is 11.6. The summed E-state index contributed by atoms with van der Waals surface area (Å²) < 4.78 is 0. The lowest BCUT2D eigenvalue weighted by Gasteiger charge is -2.27. The minimum atomic E-state index is -0.725. The van der Waals surface area contributed by atoms with E-state index in [1.165, 1.54) is 6.92 Å². The lowest BCUT2D eigenvalue weighted by atomic mass is 9.80. The zero-order valence-corrected chi connectivity index (χ0v) is 11.9. The third kappa shape index (κ3) is 3.14. The van der Waals surface area contributed by atoms with E-state index in [0.29, 0.717) is 0 Å². The Morgan fingerprint density at radius 3 is 1.65 bits per heavy atom. The molecule has 2 heteroatoms. The van der Waals surface area contributed by atoms with Crippen molar-refractivity contribution in [2.75, 3.05) is 0 Å². The van der Waals surface area contributed by atoms with Crippen molar-refractivity contribution in [3.8, 4) is 0 Å². The van der Waals surface area contributed by atoms with Gasteiger partial charge in [0.05, 0.1) is 6.10 Å². The molecule has 0 unspecified atom stereocenters. The van der Waals surface area contributed by atoms with Crippen molar-refractivity contribution >= 4 is 5.78 Å². The van der Waals surface area contributed by atoms with Crippen molar-refractivity contribution in [2.24, 2.45) is 5.92 Å². The number of carbonyl (C=O) groups excluding carboxylic acids is 1. The molecular weight excluding hydrogens is 248 g/mol. The van der Waals surface area contributed by atoms with Crippen LogP contribution in [0.1, 0.15) is 30.9 Å². The highest BCUT2D eigenvalue weighted by Crippen LogP contribution is 2.31. The number of benzene rings is 2. The van der Waals surface area contributed by atoms with E-state index in [1.807, 2.05) is 60.7 Å². The fourth-order valence-electron chi connectivity index (χ4n) is 2.44. The second kappa shape index (κ2) is 6.49. The normalized spacial score (nSPS) is 14.0. The molecule has 20 heavy (non-hydrogen) atoms. The smallest absolute Gasteiger partial charge is 0.135 e. The van der Waals surface area contributed by atoms with E-state index in [4.69, 9.17) is 0 Å². The molecule has 0 aliphatic heterocycles. The van der Waals surface area contributed by atoms with Crippen LogP contribution in [0.25, 0.3) is 0 Å². The fourth-order valence-corrected chi connectivity index (χ4v) is 2.44. The molecule has 0 saturated heterocycles. The number of aliphatic hydroxyl groups is 1. The molecule has 0 aromatic heterocycles. The van der Waals surface area contributed by atoms with E-state index in [-0.39, 0.29) is 17.6 Å². The topological polar surface area (TPSA) is 37.3 Å². The first-order chi connectivity index (χ1) is 9.61. The summed E-state index contributed by atoms with van der Waals surface area (Å²) in [6, 6.07) is 19.7. The molecule has 0 amide bonds. The molecule has 2 nitrogen and oxygen atoms in total. The van der Waals surface area contributed by atoms with Gasteiger partial charge in [0.25, 0.3) is 0 Å². The molecule has 0 aliphatic carbocycles. The molecule has 2 rings (SSSR count). The van der Waals surface area contributed by atoms with Crippen LogP contribution in [0, 0.1) is 5.92 Å². The highest BCUT2D eigenvalue weighted by molar-refractivity contribution is 5.78. The summed E-state index contributed by atoms with van der Waals surface area (Å²) in [5, 5.41) is 10.6. The molecule has 0 bridgehead atoms. The molecule has 0 heterocycles. The number of hydrogen-bond donors (Lipinski definition) is 1. The average Bonchev–Trinajstić information content (AvgIpc) is 2.48. The first-order valence-electron chi connectivity index (χ1n) is 6.89. The van der Waals surface area contributed by atoms with Gasteiger partial charge in [-0.1, -0.05) is 67.6 Å². The molecule has 2 atom stereocenters. The highest BCUT2D eigenvalue weighted by Gasteiger charge is 2.29. The summed E-state index contributed by atoms with van der Waals surface area (Å²) in [6.45, 7) is 3.31. The van der Waals surface area contributed by atoms with Crippen LogP contribution >= 0.6 is 0 Å². The molecule has 0 saturated carbocycles. The Morgan fingerprint density at radius 1 is 0.900 bits per heavy atom. The van der Waals surface area contributed by atoms with Crippen molar-refractivity contribution in [1.82, 2.24) is 0 Å². The van der Waals surface area contributed by atoms with Crippen LogP contribution in [-0.4, -0.2) is 17.0 Å². The van der Waals surface area contributed by atoms with Crippen molar-refractivity contribution in [2.45, 2.75) is 25.9 Å². The van der Waals surface area contributed by atoms with Gasteiger partial charge in [0.15, 0.2) is 0 Å². The van der Waals surface area contributed by atoms with E-state index in [1.54, 1.807) is 6.92 Å². The lowest BCUT2D eigenvalue weighted by molar-refractivity contribution is -0.123. The molecule has 0 aliphatic rings. The third-order valence-electron chi connectivity index (χ3n) is 3.81. The van der Waals surface area contributed by atoms with Gasteiger partial charge in [-0.05, 0) is 18.1 Å². The van der Waals surface area contributed by atoms with E-state index in [2.05, 4.69) is 0 Å². The van der Waals surface area contributed by atoms with Crippen LogP contribution in [0.15, 0.2) is 60.7 Å². The monoisotopic (exact) mass is 268 g/mol. The second-order valence-corrected chi connectivity index (χ2v) is 5.19. The number of rotatable bonds is 5. The molecule has 0 spiro atoms. The lowest BCUT2D eigenvalue weighted by Crippen LogP contribution is -2.30. The molecule has 0 radical (unpaired) electrons. The molecule has 2 aromatic rings. The minimum Gasteiger partial charge on any atom is -0.391 e. The maximum Gasteiger partial charge on any atom is 0.135 e. The van der Waals surface area contributed by atoms with Gasteiger partial charge >= 0.3 is 0 Å². The summed E-state index contributed by atoms with van der Waals surface area (Å²) in [7, 11) is 0. The number of carbonyl (C=O) groups is 1.